The maximum Gasteiger partial charge on any atom is 0.203 e. The van der Waals surface area contributed by atoms with Gasteiger partial charge in [-0.05, 0) is 5.92 Å². The lowest BCUT2D eigenvalue weighted by molar-refractivity contribution is 0.246. The van der Waals surface area contributed by atoms with Crippen molar-refractivity contribution < 1.29 is 18.9 Å². The maximum absolute atomic E-state index is 6.06. The second-order valence-electron chi connectivity index (χ2n) is 4.72. The molecule has 2 N–H and O–H groups in total. The van der Waals surface area contributed by atoms with Crippen LogP contribution in [0.25, 0.3) is 0 Å². The average Bonchev–Trinajstić information content (AvgIpc) is 2.50. The number of ether oxygens (including phenoxy) is 4. The van der Waals surface area contributed by atoms with Crippen LogP contribution in [-0.2, 0) is 0 Å². The lowest BCUT2D eigenvalue weighted by atomic mass is 10.0. The largest absolute Gasteiger partial charge is 0.493 e. The zero-order chi connectivity index (χ0) is 15.1. The quantitative estimate of drug-likeness (QED) is 0.794. The van der Waals surface area contributed by atoms with Gasteiger partial charge in [-0.1, -0.05) is 20.3 Å². The van der Waals surface area contributed by atoms with Crippen molar-refractivity contribution in [1.29, 1.82) is 0 Å². The Morgan fingerprint density at radius 3 is 2.00 bits per heavy atom. The van der Waals surface area contributed by atoms with E-state index in [9.17, 15) is 0 Å². The highest BCUT2D eigenvalue weighted by atomic mass is 16.5. The van der Waals surface area contributed by atoms with E-state index in [0.717, 1.165) is 6.42 Å². The second-order valence-corrected chi connectivity index (χ2v) is 4.72. The Morgan fingerprint density at radius 1 is 1.05 bits per heavy atom. The number of hydrogen-bond acceptors (Lipinski definition) is 5. The van der Waals surface area contributed by atoms with Gasteiger partial charge in [-0.25, -0.2) is 0 Å². The van der Waals surface area contributed by atoms with Crippen LogP contribution < -0.4 is 24.7 Å². The van der Waals surface area contributed by atoms with E-state index in [0.29, 0.717) is 35.5 Å². The molecule has 114 valence electrons. The summed E-state index contributed by atoms with van der Waals surface area (Å²) in [5, 5.41) is 0. The summed E-state index contributed by atoms with van der Waals surface area (Å²) < 4.78 is 21.6. The molecule has 1 aromatic rings. The smallest absolute Gasteiger partial charge is 0.203 e. The van der Waals surface area contributed by atoms with E-state index in [1.54, 1.807) is 33.5 Å². The summed E-state index contributed by atoms with van der Waals surface area (Å²) in [7, 11) is 4.72. The molecule has 2 atom stereocenters. The third kappa shape index (κ3) is 3.93. The van der Waals surface area contributed by atoms with Gasteiger partial charge in [-0.3, -0.25) is 0 Å². The van der Waals surface area contributed by atoms with Crippen molar-refractivity contribution in [2.24, 2.45) is 11.7 Å². The Hall–Kier alpha value is -1.62. The molecule has 1 aromatic carbocycles. The first-order valence-corrected chi connectivity index (χ1v) is 6.75. The fourth-order valence-corrected chi connectivity index (χ4v) is 1.80. The molecule has 0 saturated heterocycles. The summed E-state index contributed by atoms with van der Waals surface area (Å²) >= 11 is 0. The van der Waals surface area contributed by atoms with Gasteiger partial charge in [-0.15, -0.1) is 0 Å². The Bertz CT molecular complexity index is 397. The Morgan fingerprint density at radius 2 is 1.60 bits per heavy atom. The molecule has 20 heavy (non-hydrogen) atoms. The fraction of sp³-hybridized carbons (Fsp3) is 0.600. The van der Waals surface area contributed by atoms with Gasteiger partial charge >= 0.3 is 0 Å². The van der Waals surface area contributed by atoms with Crippen LogP contribution in [0.2, 0.25) is 0 Å². The highest BCUT2D eigenvalue weighted by molar-refractivity contribution is 5.55. The zero-order valence-corrected chi connectivity index (χ0v) is 12.9. The maximum atomic E-state index is 6.06. The summed E-state index contributed by atoms with van der Waals surface area (Å²) in [6, 6.07) is 3.54. The first kappa shape index (κ1) is 16.4. The molecule has 5 nitrogen and oxygen atoms in total. The first-order valence-electron chi connectivity index (χ1n) is 6.75. The molecule has 0 heterocycles. The predicted octanol–water partition coefficient (Wildman–Crippen LogP) is 2.46. The van der Waals surface area contributed by atoms with Gasteiger partial charge < -0.3 is 24.7 Å². The summed E-state index contributed by atoms with van der Waals surface area (Å²) in [6.07, 6.45) is 1.03. The van der Waals surface area contributed by atoms with Crippen LogP contribution in [0.4, 0.5) is 0 Å². The molecule has 0 bridgehead atoms. The third-order valence-electron chi connectivity index (χ3n) is 3.46. The first-order chi connectivity index (χ1) is 9.57. The summed E-state index contributed by atoms with van der Waals surface area (Å²) in [5.41, 5.74) is 6.06. The molecule has 0 radical (unpaired) electrons. The van der Waals surface area contributed by atoms with Crippen LogP contribution in [0.1, 0.15) is 20.3 Å². The zero-order valence-electron chi connectivity index (χ0n) is 12.9. The molecule has 5 heteroatoms. The minimum Gasteiger partial charge on any atom is -0.493 e. The Labute approximate surface area is 121 Å². The van der Waals surface area contributed by atoms with Crippen LogP contribution >= 0.6 is 0 Å². The molecule has 0 aliphatic heterocycles. The number of benzene rings is 1. The minimum absolute atomic E-state index is 0.000841. The lowest BCUT2D eigenvalue weighted by Crippen LogP contribution is -2.34. The Balaban J connectivity index is 2.86. The number of hydrogen-bond donors (Lipinski definition) is 1. The van der Waals surface area contributed by atoms with E-state index in [4.69, 9.17) is 24.7 Å². The van der Waals surface area contributed by atoms with Crippen molar-refractivity contribution >= 4 is 0 Å². The summed E-state index contributed by atoms with van der Waals surface area (Å²) in [4.78, 5) is 0. The highest BCUT2D eigenvalue weighted by Crippen LogP contribution is 2.40. The van der Waals surface area contributed by atoms with Gasteiger partial charge in [0.15, 0.2) is 11.5 Å². The molecular formula is C15H25NO4. The minimum atomic E-state index is -0.000841. The van der Waals surface area contributed by atoms with Crippen LogP contribution in [0.15, 0.2) is 12.1 Å². The van der Waals surface area contributed by atoms with E-state index >= 15 is 0 Å². The monoisotopic (exact) mass is 283 g/mol. The van der Waals surface area contributed by atoms with Crippen molar-refractivity contribution in [3.05, 3.63) is 12.1 Å². The summed E-state index contributed by atoms with van der Waals surface area (Å²) in [6.45, 7) is 4.68. The molecule has 0 aliphatic carbocycles. The molecule has 1 rings (SSSR count). The van der Waals surface area contributed by atoms with E-state index in [1.807, 2.05) is 0 Å². The fourth-order valence-electron chi connectivity index (χ4n) is 1.80. The molecule has 0 saturated carbocycles. The molecule has 0 aromatic heterocycles. The predicted molar refractivity (Wildman–Crippen MR) is 79.0 cm³/mol. The van der Waals surface area contributed by atoms with Crippen molar-refractivity contribution in [3.63, 3.8) is 0 Å². The number of methoxy groups -OCH3 is 3. The Kier molecular flexibility index (Phi) is 6.45. The second kappa shape index (κ2) is 7.85. The molecule has 0 fully saturated rings. The number of nitrogens with two attached hydrogens (primary N) is 1. The van der Waals surface area contributed by atoms with Gasteiger partial charge in [0, 0.05) is 18.2 Å². The van der Waals surface area contributed by atoms with Gasteiger partial charge in [0.25, 0.3) is 0 Å². The van der Waals surface area contributed by atoms with Gasteiger partial charge in [0.2, 0.25) is 5.75 Å². The normalized spacial score (nSPS) is 13.5. The number of rotatable bonds is 8. The van der Waals surface area contributed by atoms with E-state index in [2.05, 4.69) is 13.8 Å². The lowest BCUT2D eigenvalue weighted by Gasteiger charge is -2.20. The molecular weight excluding hydrogens is 258 g/mol. The van der Waals surface area contributed by atoms with E-state index in [1.165, 1.54) is 0 Å². The molecule has 2 unspecified atom stereocenters. The third-order valence-corrected chi connectivity index (χ3v) is 3.46. The molecule has 0 amide bonds. The van der Waals surface area contributed by atoms with Crippen molar-refractivity contribution in [1.82, 2.24) is 0 Å². The average molecular weight is 283 g/mol. The van der Waals surface area contributed by atoms with Crippen molar-refractivity contribution in [2.45, 2.75) is 26.3 Å². The van der Waals surface area contributed by atoms with Gasteiger partial charge in [0.1, 0.15) is 12.4 Å². The van der Waals surface area contributed by atoms with Crippen LogP contribution in [0.3, 0.4) is 0 Å². The van der Waals surface area contributed by atoms with Crippen molar-refractivity contribution in [2.75, 3.05) is 27.9 Å². The van der Waals surface area contributed by atoms with Crippen LogP contribution in [0.5, 0.6) is 23.0 Å². The molecule has 0 aliphatic rings. The topological polar surface area (TPSA) is 62.9 Å². The van der Waals surface area contributed by atoms with Gasteiger partial charge in [-0.2, -0.15) is 0 Å². The van der Waals surface area contributed by atoms with Gasteiger partial charge in [0.05, 0.1) is 21.3 Å². The van der Waals surface area contributed by atoms with Crippen LogP contribution in [0, 0.1) is 5.92 Å². The summed E-state index contributed by atoms with van der Waals surface area (Å²) in [5.74, 6) is 2.75. The van der Waals surface area contributed by atoms with Crippen molar-refractivity contribution in [3.8, 4) is 23.0 Å². The van der Waals surface area contributed by atoms with E-state index in [-0.39, 0.29) is 6.04 Å². The highest BCUT2D eigenvalue weighted by Gasteiger charge is 2.16. The SMILES string of the molecule is CCC(C)C(N)COc1cc(OC)c(OC)c(OC)c1. The molecule has 0 spiro atoms. The van der Waals surface area contributed by atoms with E-state index < -0.39 is 0 Å². The van der Waals surface area contributed by atoms with Crippen LogP contribution in [-0.4, -0.2) is 34.0 Å². The standard InChI is InChI=1S/C15H25NO4/c1-6-10(2)12(16)9-20-11-7-13(17-3)15(19-5)14(8-11)18-4/h7-8,10,12H,6,9,16H2,1-5H3.